The van der Waals surface area contributed by atoms with Gasteiger partial charge in [0.15, 0.2) is 0 Å². The number of piperidine rings is 1. The number of nitrogens with one attached hydrogen (secondary N) is 1. The lowest BCUT2D eigenvalue weighted by atomic mass is 10.1. The number of aromatic amines is 1. The minimum atomic E-state index is 0.305. The third-order valence-electron chi connectivity index (χ3n) is 5.16. The number of rotatable bonds is 5. The Morgan fingerprint density at radius 2 is 1.96 bits per heavy atom. The smallest absolute Gasteiger partial charge is 0.119 e. The highest BCUT2D eigenvalue weighted by Gasteiger charge is 2.21. The molecule has 0 amide bonds. The molecule has 1 atom stereocenters. The molecule has 2 heterocycles. The van der Waals surface area contributed by atoms with Gasteiger partial charge in [-0.05, 0) is 56.5 Å². The zero-order valence-electron chi connectivity index (χ0n) is 14.9. The van der Waals surface area contributed by atoms with Crippen LogP contribution in [0.3, 0.4) is 0 Å². The van der Waals surface area contributed by atoms with Crippen molar-refractivity contribution in [1.82, 2.24) is 9.88 Å². The van der Waals surface area contributed by atoms with Crippen molar-refractivity contribution in [1.29, 1.82) is 0 Å². The topological polar surface area (TPSA) is 28.3 Å². The first kappa shape index (κ1) is 16.2. The molecule has 25 heavy (non-hydrogen) atoms. The zero-order chi connectivity index (χ0) is 17.1. The normalized spacial score (nSPS) is 18.5. The molecule has 1 aliphatic heterocycles. The van der Waals surface area contributed by atoms with Crippen molar-refractivity contribution in [3.63, 3.8) is 0 Å². The van der Waals surface area contributed by atoms with Crippen molar-refractivity contribution in [2.75, 3.05) is 19.6 Å². The second-order valence-electron chi connectivity index (χ2n) is 7.11. The van der Waals surface area contributed by atoms with Crippen LogP contribution in [0, 0.1) is 6.92 Å². The molecule has 1 aliphatic rings. The second kappa shape index (κ2) is 7.32. The first-order valence-corrected chi connectivity index (χ1v) is 9.28. The Bertz CT molecular complexity index is 821. The van der Waals surface area contributed by atoms with Crippen molar-refractivity contribution >= 4 is 10.9 Å². The van der Waals surface area contributed by atoms with Gasteiger partial charge in [-0.3, -0.25) is 4.90 Å². The molecule has 2 aromatic carbocycles. The molecule has 1 N–H and O–H groups in total. The van der Waals surface area contributed by atoms with Gasteiger partial charge in [-0.25, -0.2) is 0 Å². The maximum Gasteiger partial charge on any atom is 0.119 e. The summed E-state index contributed by atoms with van der Waals surface area (Å²) in [6.45, 7) is 5.40. The number of H-pyrrole nitrogens is 1. The molecule has 0 unspecified atom stereocenters. The summed E-state index contributed by atoms with van der Waals surface area (Å²) in [4.78, 5) is 5.92. The summed E-state index contributed by atoms with van der Waals surface area (Å²) in [5.74, 6) is 0.995. The average Bonchev–Trinajstić information content (AvgIpc) is 3.06. The molecule has 0 spiro atoms. The molecule has 130 valence electrons. The fourth-order valence-corrected chi connectivity index (χ4v) is 3.74. The van der Waals surface area contributed by atoms with E-state index in [1.165, 1.54) is 35.0 Å². The maximum absolute atomic E-state index is 6.20. The molecule has 0 radical (unpaired) electrons. The summed E-state index contributed by atoms with van der Waals surface area (Å²) in [6, 6.07) is 17.0. The summed E-state index contributed by atoms with van der Waals surface area (Å²) in [5, 5.41) is 1.35. The minimum Gasteiger partial charge on any atom is -0.489 e. The molecule has 0 aliphatic carbocycles. The molecular formula is C22H26N2O. The van der Waals surface area contributed by atoms with Crippen LogP contribution in [-0.2, 0) is 6.42 Å². The molecule has 3 heteroatoms. The highest BCUT2D eigenvalue weighted by atomic mass is 16.5. The van der Waals surface area contributed by atoms with Crippen molar-refractivity contribution < 1.29 is 4.74 Å². The summed E-state index contributed by atoms with van der Waals surface area (Å²) in [6.07, 6.45) is 5.91. The number of hydrogen-bond donors (Lipinski definition) is 1. The number of fused-ring (bicyclic) bond motifs is 1. The Labute approximate surface area is 149 Å². The average molecular weight is 334 g/mol. The Balaban J connectivity index is 1.34. The number of ether oxygens (including phenoxy) is 1. The van der Waals surface area contributed by atoms with Crippen LogP contribution in [0.1, 0.15) is 24.0 Å². The molecule has 3 nitrogen and oxygen atoms in total. The Hall–Kier alpha value is -2.26. The van der Waals surface area contributed by atoms with E-state index in [-0.39, 0.29) is 0 Å². The summed E-state index contributed by atoms with van der Waals surface area (Å²) in [7, 11) is 0. The van der Waals surface area contributed by atoms with Gasteiger partial charge in [0.25, 0.3) is 0 Å². The highest BCUT2D eigenvalue weighted by molar-refractivity contribution is 5.83. The number of para-hydroxylation sites is 1. The predicted molar refractivity (Wildman–Crippen MR) is 103 cm³/mol. The van der Waals surface area contributed by atoms with E-state index < -0.39 is 0 Å². The van der Waals surface area contributed by atoms with E-state index in [1.54, 1.807) is 0 Å². The van der Waals surface area contributed by atoms with Crippen molar-refractivity contribution in [3.05, 3.63) is 65.9 Å². The van der Waals surface area contributed by atoms with Crippen LogP contribution < -0.4 is 4.74 Å². The monoisotopic (exact) mass is 334 g/mol. The fraction of sp³-hybridized carbons (Fsp3) is 0.364. The van der Waals surface area contributed by atoms with Crippen LogP contribution >= 0.6 is 0 Å². The van der Waals surface area contributed by atoms with E-state index in [4.69, 9.17) is 4.74 Å². The Kier molecular flexibility index (Phi) is 4.75. The first-order chi connectivity index (χ1) is 12.3. The summed E-state index contributed by atoms with van der Waals surface area (Å²) >= 11 is 0. The van der Waals surface area contributed by atoms with E-state index >= 15 is 0 Å². The Morgan fingerprint density at radius 1 is 1.12 bits per heavy atom. The van der Waals surface area contributed by atoms with Crippen LogP contribution in [-0.4, -0.2) is 35.6 Å². The number of hydrogen-bond acceptors (Lipinski definition) is 2. The van der Waals surface area contributed by atoms with Gasteiger partial charge in [-0.15, -0.1) is 0 Å². The van der Waals surface area contributed by atoms with Gasteiger partial charge in [0.05, 0.1) is 0 Å². The molecule has 1 aromatic heterocycles. The van der Waals surface area contributed by atoms with Crippen molar-refractivity contribution in [3.8, 4) is 5.75 Å². The van der Waals surface area contributed by atoms with Gasteiger partial charge in [-0.2, -0.15) is 0 Å². The number of aryl methyl sites for hydroxylation is 1. The van der Waals surface area contributed by atoms with Crippen molar-refractivity contribution in [2.45, 2.75) is 32.3 Å². The third-order valence-corrected chi connectivity index (χ3v) is 5.16. The number of benzene rings is 2. The van der Waals surface area contributed by atoms with Crippen LogP contribution in [0.4, 0.5) is 0 Å². The number of aromatic nitrogens is 1. The van der Waals surface area contributed by atoms with Gasteiger partial charge in [0, 0.05) is 30.2 Å². The van der Waals surface area contributed by atoms with Crippen LogP contribution in [0.15, 0.2) is 54.7 Å². The van der Waals surface area contributed by atoms with Gasteiger partial charge in [-0.1, -0.05) is 35.9 Å². The van der Waals surface area contributed by atoms with E-state index in [0.29, 0.717) is 6.10 Å². The van der Waals surface area contributed by atoms with Crippen LogP contribution in [0.2, 0.25) is 0 Å². The van der Waals surface area contributed by atoms with Crippen LogP contribution in [0.5, 0.6) is 5.75 Å². The zero-order valence-corrected chi connectivity index (χ0v) is 14.9. The molecule has 4 rings (SSSR count). The third kappa shape index (κ3) is 3.88. The highest BCUT2D eigenvalue weighted by Crippen LogP contribution is 2.21. The molecule has 0 bridgehead atoms. The SMILES string of the molecule is Cc1ccc(O[C@H]2CCCN(CCc3c[nH]c4ccccc34)C2)cc1. The van der Waals surface area contributed by atoms with Gasteiger partial charge in [0.2, 0.25) is 0 Å². The molecule has 0 saturated carbocycles. The van der Waals surface area contributed by atoms with Gasteiger partial charge < -0.3 is 9.72 Å². The van der Waals surface area contributed by atoms with E-state index in [0.717, 1.165) is 31.7 Å². The standard InChI is InChI=1S/C22H26N2O/c1-17-8-10-19(11-9-17)25-20-5-4-13-24(16-20)14-12-18-15-23-22-7-3-2-6-21(18)22/h2-3,6-11,15,20,23H,4-5,12-14,16H2,1H3/t20-/m0/s1. The minimum absolute atomic E-state index is 0.305. The molecular weight excluding hydrogens is 308 g/mol. The van der Waals surface area contributed by atoms with Gasteiger partial charge >= 0.3 is 0 Å². The van der Waals surface area contributed by atoms with E-state index in [2.05, 4.69) is 71.5 Å². The van der Waals surface area contributed by atoms with E-state index in [9.17, 15) is 0 Å². The van der Waals surface area contributed by atoms with Gasteiger partial charge in [0.1, 0.15) is 11.9 Å². The number of likely N-dealkylation sites (tertiary alicyclic amines) is 1. The van der Waals surface area contributed by atoms with Crippen LogP contribution in [0.25, 0.3) is 10.9 Å². The van der Waals surface area contributed by atoms with Crippen molar-refractivity contribution in [2.24, 2.45) is 0 Å². The lowest BCUT2D eigenvalue weighted by molar-refractivity contribution is 0.0893. The lowest BCUT2D eigenvalue weighted by Gasteiger charge is -2.32. The molecule has 3 aromatic rings. The second-order valence-corrected chi connectivity index (χ2v) is 7.11. The largest absolute Gasteiger partial charge is 0.489 e. The van der Waals surface area contributed by atoms with E-state index in [1.807, 2.05) is 0 Å². The fourth-order valence-electron chi connectivity index (χ4n) is 3.74. The summed E-state index contributed by atoms with van der Waals surface area (Å²) < 4.78 is 6.20. The molecule has 1 fully saturated rings. The quantitative estimate of drug-likeness (QED) is 0.741. The first-order valence-electron chi connectivity index (χ1n) is 9.28. The summed E-state index contributed by atoms with van der Waals surface area (Å²) in [5.41, 5.74) is 3.92. The number of nitrogens with zero attached hydrogens (tertiary/aromatic N) is 1. The molecule has 1 saturated heterocycles. The Morgan fingerprint density at radius 3 is 2.84 bits per heavy atom. The predicted octanol–water partition coefficient (Wildman–Crippen LogP) is 4.56. The lowest BCUT2D eigenvalue weighted by Crippen LogP contribution is -2.41. The maximum atomic E-state index is 6.20.